The van der Waals surface area contributed by atoms with Crippen molar-refractivity contribution in [1.29, 1.82) is 0 Å². The maximum Gasteiger partial charge on any atom is 0.296 e. The molecule has 2 N–H and O–H groups in total. The van der Waals surface area contributed by atoms with Crippen LogP contribution in [0.4, 0.5) is 5.69 Å². The first-order chi connectivity index (χ1) is 8.43. The van der Waals surface area contributed by atoms with E-state index in [2.05, 4.69) is 0 Å². The average Bonchev–Trinajstić information content (AvgIpc) is 2.69. The average molecular weight is 271 g/mol. The third-order valence-corrected chi connectivity index (χ3v) is 3.80. The summed E-state index contributed by atoms with van der Waals surface area (Å²) >= 11 is 0. The van der Waals surface area contributed by atoms with Crippen molar-refractivity contribution >= 4 is 21.7 Å². The summed E-state index contributed by atoms with van der Waals surface area (Å²) in [7, 11) is -4.37. The van der Waals surface area contributed by atoms with E-state index < -0.39 is 10.1 Å². The van der Waals surface area contributed by atoms with Gasteiger partial charge in [-0.1, -0.05) is 12.1 Å². The summed E-state index contributed by atoms with van der Waals surface area (Å²) in [5.74, 6) is -0.461. The van der Waals surface area contributed by atoms with Crippen molar-refractivity contribution in [2.75, 3.05) is 18.1 Å². The number of para-hydroxylation sites is 1. The van der Waals surface area contributed by atoms with E-state index in [1.54, 1.807) is 6.07 Å². The van der Waals surface area contributed by atoms with E-state index >= 15 is 0 Å². The number of anilines is 1. The Morgan fingerprint density at radius 1 is 1.33 bits per heavy atom. The molecule has 1 aromatic carbocycles. The molecule has 1 fully saturated rings. The normalized spacial score (nSPS) is 20.4. The van der Waals surface area contributed by atoms with Crippen LogP contribution in [0.25, 0.3) is 0 Å². The highest BCUT2D eigenvalue weighted by Crippen LogP contribution is 2.30. The van der Waals surface area contributed by atoms with Gasteiger partial charge in [-0.15, -0.1) is 0 Å². The molecule has 0 bridgehead atoms. The number of aliphatic hydroxyl groups excluding tert-OH is 1. The topological polar surface area (TPSA) is 94.9 Å². The number of aliphatic hydroxyl groups is 1. The molecule has 0 saturated carbocycles. The Morgan fingerprint density at radius 3 is 2.56 bits per heavy atom. The van der Waals surface area contributed by atoms with Gasteiger partial charge < -0.3 is 10.0 Å². The van der Waals surface area contributed by atoms with Gasteiger partial charge in [0.25, 0.3) is 10.1 Å². The SMILES string of the molecule is O=C1CC(CO)CN1c1ccccc1S(=O)(=O)O. The van der Waals surface area contributed by atoms with Gasteiger partial charge in [-0.3, -0.25) is 9.35 Å². The lowest BCUT2D eigenvalue weighted by Crippen LogP contribution is -2.26. The molecular weight excluding hydrogens is 258 g/mol. The first kappa shape index (κ1) is 13.0. The summed E-state index contributed by atoms with van der Waals surface area (Å²) < 4.78 is 31.6. The van der Waals surface area contributed by atoms with Crippen LogP contribution in [0.1, 0.15) is 6.42 Å². The van der Waals surface area contributed by atoms with Gasteiger partial charge in [0, 0.05) is 25.5 Å². The number of carbonyl (C=O) groups is 1. The van der Waals surface area contributed by atoms with Crippen molar-refractivity contribution in [3.05, 3.63) is 24.3 Å². The Hall–Kier alpha value is -1.44. The molecule has 1 aliphatic rings. The Kier molecular flexibility index (Phi) is 3.38. The molecule has 1 unspecified atom stereocenters. The van der Waals surface area contributed by atoms with E-state index in [0.29, 0.717) is 0 Å². The highest BCUT2D eigenvalue weighted by Gasteiger charge is 2.32. The Balaban J connectivity index is 2.44. The molecule has 1 atom stereocenters. The second-order valence-electron chi connectivity index (χ2n) is 4.20. The van der Waals surface area contributed by atoms with Crippen molar-refractivity contribution in [2.24, 2.45) is 5.92 Å². The third-order valence-electron chi connectivity index (χ3n) is 2.90. The quantitative estimate of drug-likeness (QED) is 0.770. The zero-order valence-electron chi connectivity index (χ0n) is 9.48. The van der Waals surface area contributed by atoms with Crippen LogP contribution in [-0.4, -0.2) is 37.1 Å². The highest BCUT2D eigenvalue weighted by molar-refractivity contribution is 7.86. The van der Waals surface area contributed by atoms with Crippen LogP contribution >= 0.6 is 0 Å². The minimum absolute atomic E-state index is 0.129. The van der Waals surface area contributed by atoms with Gasteiger partial charge in [-0.2, -0.15) is 8.42 Å². The van der Waals surface area contributed by atoms with Crippen LogP contribution in [0.3, 0.4) is 0 Å². The molecule has 0 radical (unpaired) electrons. The van der Waals surface area contributed by atoms with Crippen molar-refractivity contribution in [3.8, 4) is 0 Å². The molecule has 2 rings (SSSR count). The van der Waals surface area contributed by atoms with Gasteiger partial charge in [-0.25, -0.2) is 0 Å². The zero-order valence-corrected chi connectivity index (χ0v) is 10.3. The second-order valence-corrected chi connectivity index (χ2v) is 5.59. The molecule has 1 heterocycles. The first-order valence-electron chi connectivity index (χ1n) is 5.41. The largest absolute Gasteiger partial charge is 0.396 e. The van der Waals surface area contributed by atoms with Gasteiger partial charge in [0.15, 0.2) is 0 Å². The number of hydrogen-bond acceptors (Lipinski definition) is 4. The van der Waals surface area contributed by atoms with E-state index in [0.717, 1.165) is 0 Å². The standard InChI is InChI=1S/C11H13NO5S/c13-7-8-5-11(14)12(6-8)9-3-1-2-4-10(9)18(15,16)17/h1-4,8,13H,5-7H2,(H,15,16,17). The van der Waals surface area contributed by atoms with Crippen molar-refractivity contribution in [2.45, 2.75) is 11.3 Å². The molecule has 18 heavy (non-hydrogen) atoms. The van der Waals surface area contributed by atoms with E-state index in [1.807, 2.05) is 0 Å². The van der Waals surface area contributed by atoms with Gasteiger partial charge in [-0.05, 0) is 12.1 Å². The number of amides is 1. The number of hydrogen-bond donors (Lipinski definition) is 2. The first-order valence-corrected chi connectivity index (χ1v) is 6.85. The molecule has 1 saturated heterocycles. The van der Waals surface area contributed by atoms with Crippen molar-refractivity contribution < 1.29 is 22.9 Å². The van der Waals surface area contributed by atoms with Gasteiger partial charge in [0.2, 0.25) is 5.91 Å². The third kappa shape index (κ3) is 2.38. The van der Waals surface area contributed by atoms with E-state index in [9.17, 15) is 13.2 Å². The summed E-state index contributed by atoms with van der Waals surface area (Å²) in [6, 6.07) is 5.76. The maximum atomic E-state index is 11.8. The van der Waals surface area contributed by atoms with Crippen molar-refractivity contribution in [1.82, 2.24) is 0 Å². The molecule has 98 valence electrons. The lowest BCUT2D eigenvalue weighted by atomic mass is 10.1. The van der Waals surface area contributed by atoms with Gasteiger partial charge in [0.05, 0.1) is 5.69 Å². The summed E-state index contributed by atoms with van der Waals surface area (Å²) in [5.41, 5.74) is 0.154. The van der Waals surface area contributed by atoms with E-state index in [-0.39, 0.29) is 42.0 Å². The van der Waals surface area contributed by atoms with Crippen LogP contribution in [0.2, 0.25) is 0 Å². The fourth-order valence-electron chi connectivity index (χ4n) is 2.03. The molecule has 0 spiro atoms. The Morgan fingerprint density at radius 2 is 2.00 bits per heavy atom. The van der Waals surface area contributed by atoms with Crippen LogP contribution < -0.4 is 4.90 Å². The fourth-order valence-corrected chi connectivity index (χ4v) is 2.73. The summed E-state index contributed by atoms with van der Waals surface area (Å²) in [5, 5.41) is 9.03. The minimum Gasteiger partial charge on any atom is -0.396 e. The van der Waals surface area contributed by atoms with Crippen LogP contribution in [0, 0.1) is 5.92 Å². The number of nitrogens with zero attached hydrogens (tertiary/aromatic N) is 1. The minimum atomic E-state index is -4.37. The molecule has 1 amide bonds. The maximum absolute atomic E-state index is 11.8. The molecule has 0 aromatic heterocycles. The van der Waals surface area contributed by atoms with E-state index in [1.165, 1.54) is 23.1 Å². The molecule has 1 aromatic rings. The van der Waals surface area contributed by atoms with Crippen LogP contribution in [0.5, 0.6) is 0 Å². The number of carbonyl (C=O) groups excluding carboxylic acids is 1. The monoisotopic (exact) mass is 271 g/mol. The lowest BCUT2D eigenvalue weighted by molar-refractivity contribution is -0.117. The highest BCUT2D eigenvalue weighted by atomic mass is 32.2. The predicted molar refractivity (Wildman–Crippen MR) is 63.8 cm³/mol. The number of rotatable bonds is 3. The molecule has 1 aliphatic heterocycles. The zero-order chi connectivity index (χ0) is 13.3. The summed E-state index contributed by atoms with van der Waals surface area (Å²) in [6.07, 6.45) is 0.177. The summed E-state index contributed by atoms with van der Waals surface area (Å²) in [4.78, 5) is 12.7. The van der Waals surface area contributed by atoms with Crippen molar-refractivity contribution in [3.63, 3.8) is 0 Å². The van der Waals surface area contributed by atoms with Crippen LogP contribution in [0.15, 0.2) is 29.2 Å². The molecular formula is C11H13NO5S. The Labute approximate surface area is 105 Å². The lowest BCUT2D eigenvalue weighted by Gasteiger charge is -2.18. The molecule has 6 nitrogen and oxygen atoms in total. The second kappa shape index (κ2) is 4.68. The fraction of sp³-hybridized carbons (Fsp3) is 0.364. The van der Waals surface area contributed by atoms with E-state index in [4.69, 9.17) is 9.66 Å². The van der Waals surface area contributed by atoms with Crippen LogP contribution in [-0.2, 0) is 14.9 Å². The smallest absolute Gasteiger partial charge is 0.296 e. The molecule has 7 heteroatoms. The van der Waals surface area contributed by atoms with Gasteiger partial charge >= 0.3 is 0 Å². The molecule has 0 aliphatic carbocycles. The Bertz CT molecular complexity index is 569. The predicted octanol–water partition coefficient (Wildman–Crippen LogP) is 0.278. The summed E-state index contributed by atoms with van der Waals surface area (Å²) in [6.45, 7) is 0.123. The van der Waals surface area contributed by atoms with Gasteiger partial charge in [0.1, 0.15) is 4.90 Å². The number of benzene rings is 1.